The number of unbranched alkanes of at least 4 members (excludes halogenated alkanes) is 21. The molecule has 0 saturated carbocycles. The summed E-state index contributed by atoms with van der Waals surface area (Å²) in [7, 11) is 1.56. The number of nitrogens with zero attached hydrogens (tertiary/aromatic N) is 1. The first kappa shape index (κ1) is 67.2. The molecule has 0 aromatic carbocycles. The third-order valence-electron chi connectivity index (χ3n) is 12.0. The number of aliphatic hydroxyl groups excluding tert-OH is 1. The van der Waals surface area contributed by atoms with Gasteiger partial charge in [-0.05, 0) is 83.5 Å². The fourth-order valence-corrected chi connectivity index (χ4v) is 8.32. The zero-order valence-electron chi connectivity index (χ0n) is 45.7. The van der Waals surface area contributed by atoms with Gasteiger partial charge >= 0.3 is 7.82 Å². The van der Waals surface area contributed by atoms with Crippen LogP contribution in [0, 0.1) is 0 Å². The summed E-state index contributed by atoms with van der Waals surface area (Å²) in [5.41, 5.74) is 0. The highest BCUT2D eigenvalue weighted by molar-refractivity contribution is 7.47. The highest BCUT2D eigenvalue weighted by Gasteiger charge is 2.27. The van der Waals surface area contributed by atoms with Crippen molar-refractivity contribution in [3.63, 3.8) is 0 Å². The van der Waals surface area contributed by atoms with E-state index in [1.807, 2.05) is 27.2 Å². The lowest BCUT2D eigenvalue weighted by Crippen LogP contribution is -2.45. The molecule has 0 heterocycles. The molecule has 0 radical (unpaired) electrons. The van der Waals surface area contributed by atoms with E-state index in [-0.39, 0.29) is 19.1 Å². The fourth-order valence-electron chi connectivity index (χ4n) is 7.59. The van der Waals surface area contributed by atoms with E-state index >= 15 is 0 Å². The normalized spacial score (nSPS) is 14.8. The van der Waals surface area contributed by atoms with E-state index in [1.54, 1.807) is 6.08 Å². The lowest BCUT2D eigenvalue weighted by Gasteiger charge is -2.25. The van der Waals surface area contributed by atoms with Crippen molar-refractivity contribution < 1.29 is 32.9 Å². The number of phosphoric acid groups is 1. The summed E-state index contributed by atoms with van der Waals surface area (Å²) in [6, 6.07) is -0.852. The van der Waals surface area contributed by atoms with E-state index in [0.29, 0.717) is 17.4 Å². The molecule has 9 heteroatoms. The van der Waals surface area contributed by atoms with Gasteiger partial charge in [0, 0.05) is 6.42 Å². The molecular weight excluding hydrogens is 888 g/mol. The van der Waals surface area contributed by atoms with Crippen molar-refractivity contribution >= 4 is 13.7 Å². The summed E-state index contributed by atoms with van der Waals surface area (Å²) in [6.45, 7) is 4.67. The molecule has 70 heavy (non-hydrogen) atoms. The molecule has 0 aromatic rings. The Labute approximate surface area is 431 Å². The van der Waals surface area contributed by atoms with Gasteiger partial charge in [-0.15, -0.1) is 0 Å². The number of phosphoric ester groups is 1. The fraction of sp³-hybridized carbons (Fsp3) is 0.689. The van der Waals surface area contributed by atoms with Crippen molar-refractivity contribution in [2.45, 2.75) is 231 Å². The van der Waals surface area contributed by atoms with Crippen LogP contribution in [0.3, 0.4) is 0 Å². The topological polar surface area (TPSA) is 105 Å². The second-order valence-corrected chi connectivity index (χ2v) is 21.4. The summed E-state index contributed by atoms with van der Waals surface area (Å²) < 4.78 is 23.6. The van der Waals surface area contributed by atoms with Crippen LogP contribution in [0.2, 0.25) is 0 Å². The standard InChI is InChI=1S/C61H107N2O6P/c1-6-8-10-12-14-16-18-19-20-21-22-23-24-25-26-27-28-29-30-31-32-33-34-35-36-37-38-39-40-41-42-43-45-47-49-51-53-55-61(65)62-59(58-69-70(66,67)68-57-56-63(3,4)5)60(64)54-52-50-48-46-44-17-15-13-11-9-7-2/h8,10,14,16,19-20,22-23,25-26,28-29,31-32,34-35,52,54,59-60,64H,6-7,9,11-13,15,17-18,21,24,27,30,33,36-51,53,55-58H2,1-5H3,(H-,62,65,66,67)/p+1/b10-8-,16-14-,20-19-,23-22-,26-25-,29-28-,32-31-,35-34-,54-52+. The van der Waals surface area contributed by atoms with Gasteiger partial charge in [0.15, 0.2) is 0 Å². The van der Waals surface area contributed by atoms with E-state index in [9.17, 15) is 19.4 Å². The summed E-state index contributed by atoms with van der Waals surface area (Å²) in [4.78, 5) is 23.2. The lowest BCUT2D eigenvalue weighted by atomic mass is 10.0. The van der Waals surface area contributed by atoms with Crippen LogP contribution in [-0.2, 0) is 18.4 Å². The summed E-state index contributed by atoms with van der Waals surface area (Å²) >= 11 is 0. The number of aliphatic hydroxyl groups is 1. The minimum absolute atomic E-state index is 0.0569. The molecule has 1 amide bonds. The lowest BCUT2D eigenvalue weighted by molar-refractivity contribution is -0.870. The number of likely N-dealkylation sites (N-methyl/N-ethyl adjacent to an activating group) is 1. The molecule has 3 N–H and O–H groups in total. The Morgan fingerprint density at radius 1 is 0.500 bits per heavy atom. The van der Waals surface area contributed by atoms with Gasteiger partial charge in [-0.2, -0.15) is 0 Å². The van der Waals surface area contributed by atoms with Gasteiger partial charge in [-0.25, -0.2) is 4.57 Å². The van der Waals surface area contributed by atoms with Crippen molar-refractivity contribution in [2.24, 2.45) is 0 Å². The quantitative estimate of drug-likeness (QED) is 0.0243. The number of hydrogen-bond acceptors (Lipinski definition) is 5. The molecule has 0 rings (SSSR count). The maximum Gasteiger partial charge on any atom is 0.472 e. The Morgan fingerprint density at radius 3 is 1.26 bits per heavy atom. The minimum atomic E-state index is -4.35. The van der Waals surface area contributed by atoms with Gasteiger partial charge in [0.25, 0.3) is 0 Å². The molecule has 0 aliphatic carbocycles. The zero-order chi connectivity index (χ0) is 51.3. The van der Waals surface area contributed by atoms with Crippen molar-refractivity contribution in [2.75, 3.05) is 40.9 Å². The van der Waals surface area contributed by atoms with Crippen molar-refractivity contribution in [3.05, 3.63) is 109 Å². The van der Waals surface area contributed by atoms with Crippen molar-refractivity contribution in [3.8, 4) is 0 Å². The molecular formula is C61H108N2O6P+. The Kier molecular flexibility index (Phi) is 49.0. The Balaban J connectivity index is 4.05. The van der Waals surface area contributed by atoms with Gasteiger partial charge in [0.1, 0.15) is 13.2 Å². The second-order valence-electron chi connectivity index (χ2n) is 19.9. The van der Waals surface area contributed by atoms with Crippen LogP contribution in [0.4, 0.5) is 0 Å². The highest BCUT2D eigenvalue weighted by Crippen LogP contribution is 2.43. The zero-order valence-corrected chi connectivity index (χ0v) is 46.6. The summed E-state index contributed by atoms with van der Waals surface area (Å²) in [5, 5.41) is 13.8. The molecule has 402 valence electrons. The van der Waals surface area contributed by atoms with Crippen LogP contribution in [0.15, 0.2) is 109 Å². The van der Waals surface area contributed by atoms with Crippen molar-refractivity contribution in [1.82, 2.24) is 5.32 Å². The number of rotatable bonds is 50. The SMILES string of the molecule is CC/C=C\C/C=C\C/C=C\C/C=C\C/C=C\C/C=C\C/C=C\C/C=C\CCCCCCCCCCCCCCC(=O)NC(COP(=O)(O)OCC[N+](C)(C)C)C(O)/C=C/CCCCCCCCCCC. The molecule has 0 spiro atoms. The monoisotopic (exact) mass is 996 g/mol. The molecule has 3 atom stereocenters. The van der Waals surface area contributed by atoms with Gasteiger partial charge in [0.05, 0.1) is 39.9 Å². The average molecular weight is 997 g/mol. The summed E-state index contributed by atoms with van der Waals surface area (Å²) in [5.74, 6) is -0.185. The van der Waals surface area contributed by atoms with Gasteiger partial charge in [0.2, 0.25) is 5.91 Å². The number of carbonyl (C=O) groups excluding carboxylic acids is 1. The molecule has 8 nitrogen and oxygen atoms in total. The molecule has 0 saturated heterocycles. The number of amides is 1. The maximum absolute atomic E-state index is 12.9. The minimum Gasteiger partial charge on any atom is -0.387 e. The van der Waals surface area contributed by atoms with Gasteiger partial charge in [-0.3, -0.25) is 13.8 Å². The van der Waals surface area contributed by atoms with Gasteiger partial charge < -0.3 is 19.8 Å². The Morgan fingerprint density at radius 2 is 0.857 bits per heavy atom. The van der Waals surface area contributed by atoms with Crippen LogP contribution < -0.4 is 5.32 Å². The average Bonchev–Trinajstić information content (AvgIpc) is 3.32. The van der Waals surface area contributed by atoms with Gasteiger partial charge in [-0.1, -0.05) is 239 Å². The van der Waals surface area contributed by atoms with E-state index in [1.165, 1.54) is 109 Å². The Bertz CT molecular complexity index is 1500. The second kappa shape index (κ2) is 51.1. The Hall–Kier alpha value is -2.84. The molecule has 0 aliphatic rings. The predicted octanol–water partition coefficient (Wildman–Crippen LogP) is 17.2. The van der Waals surface area contributed by atoms with Crippen molar-refractivity contribution in [1.29, 1.82) is 0 Å². The molecule has 0 fully saturated rings. The first-order valence-electron chi connectivity index (χ1n) is 28.3. The molecule has 3 unspecified atom stereocenters. The van der Waals surface area contributed by atoms with Crippen LogP contribution in [0.25, 0.3) is 0 Å². The number of hydrogen-bond donors (Lipinski definition) is 3. The van der Waals surface area contributed by atoms with E-state index in [2.05, 4.69) is 116 Å². The molecule has 0 aliphatic heterocycles. The molecule has 0 bridgehead atoms. The first-order valence-corrected chi connectivity index (χ1v) is 29.8. The highest BCUT2D eigenvalue weighted by atomic mass is 31.2. The summed E-state index contributed by atoms with van der Waals surface area (Å²) in [6.07, 6.45) is 74.8. The number of quaternary nitrogens is 1. The number of allylic oxidation sites excluding steroid dienone is 17. The number of carbonyl (C=O) groups is 1. The van der Waals surface area contributed by atoms with E-state index in [4.69, 9.17) is 9.05 Å². The largest absolute Gasteiger partial charge is 0.472 e. The van der Waals surface area contributed by atoms with E-state index in [0.717, 1.165) is 89.9 Å². The maximum atomic E-state index is 12.9. The first-order chi connectivity index (χ1) is 34.0. The molecule has 0 aromatic heterocycles. The smallest absolute Gasteiger partial charge is 0.387 e. The third-order valence-corrected chi connectivity index (χ3v) is 13.0. The predicted molar refractivity (Wildman–Crippen MR) is 304 cm³/mol. The van der Waals surface area contributed by atoms with E-state index < -0.39 is 20.0 Å². The van der Waals surface area contributed by atoms with Crippen LogP contribution in [-0.4, -0.2) is 73.4 Å². The number of nitrogens with one attached hydrogen (secondary N) is 1. The van der Waals surface area contributed by atoms with Crippen LogP contribution in [0.1, 0.15) is 219 Å². The van der Waals surface area contributed by atoms with Crippen LogP contribution >= 0.6 is 7.82 Å². The van der Waals surface area contributed by atoms with Crippen LogP contribution in [0.5, 0.6) is 0 Å². The third kappa shape index (κ3) is 53.0.